The number of nitrogens with zero attached hydrogens (tertiary/aromatic N) is 2. The number of amides is 1. The molecule has 0 radical (unpaired) electrons. The molecule has 0 saturated heterocycles. The van der Waals surface area contributed by atoms with Gasteiger partial charge in [0.15, 0.2) is 0 Å². The summed E-state index contributed by atoms with van der Waals surface area (Å²) in [6.07, 6.45) is 8.09. The van der Waals surface area contributed by atoms with Gasteiger partial charge in [0.2, 0.25) is 5.91 Å². The zero-order valence-electron chi connectivity index (χ0n) is 16.4. The van der Waals surface area contributed by atoms with Crippen molar-refractivity contribution in [3.8, 4) is 0 Å². The van der Waals surface area contributed by atoms with Gasteiger partial charge in [-0.25, -0.2) is 0 Å². The number of carbonyl (C=O) groups excluding carboxylic acids is 1. The van der Waals surface area contributed by atoms with Crippen LogP contribution in [0.5, 0.6) is 0 Å². The summed E-state index contributed by atoms with van der Waals surface area (Å²) in [5, 5.41) is 0. The van der Waals surface area contributed by atoms with Crippen molar-refractivity contribution in [1.29, 1.82) is 0 Å². The molecule has 0 spiro atoms. The van der Waals surface area contributed by atoms with Crippen LogP contribution in [0.1, 0.15) is 55.3 Å². The van der Waals surface area contributed by atoms with E-state index in [1.54, 1.807) is 6.20 Å². The summed E-state index contributed by atoms with van der Waals surface area (Å²) in [6.45, 7) is 3.83. The molecule has 1 aliphatic carbocycles. The van der Waals surface area contributed by atoms with Crippen LogP contribution >= 0.6 is 0 Å². The number of carbonyl (C=O) groups is 1. The first-order valence-corrected chi connectivity index (χ1v) is 10.0. The van der Waals surface area contributed by atoms with Crippen LogP contribution in [0.15, 0.2) is 48.7 Å². The predicted octanol–water partition coefficient (Wildman–Crippen LogP) is 4.22. The third-order valence-electron chi connectivity index (χ3n) is 5.76. The highest BCUT2D eigenvalue weighted by atomic mass is 16.2. The summed E-state index contributed by atoms with van der Waals surface area (Å²) in [5.41, 5.74) is 9.39. The van der Waals surface area contributed by atoms with Gasteiger partial charge in [-0.15, -0.1) is 0 Å². The van der Waals surface area contributed by atoms with Gasteiger partial charge in [0.05, 0.1) is 12.2 Å². The van der Waals surface area contributed by atoms with Crippen molar-refractivity contribution in [3.63, 3.8) is 0 Å². The Kier molecular flexibility index (Phi) is 6.62. The molecule has 3 rings (SSSR count). The Morgan fingerprint density at radius 3 is 2.59 bits per heavy atom. The molecule has 1 heterocycles. The summed E-state index contributed by atoms with van der Waals surface area (Å²) in [5.74, 6) is 0.189. The highest BCUT2D eigenvalue weighted by Crippen LogP contribution is 2.39. The van der Waals surface area contributed by atoms with Gasteiger partial charge >= 0.3 is 0 Å². The fourth-order valence-corrected chi connectivity index (χ4v) is 4.14. The van der Waals surface area contributed by atoms with E-state index >= 15 is 0 Å². The van der Waals surface area contributed by atoms with Crippen LogP contribution in [-0.2, 0) is 17.9 Å². The zero-order chi connectivity index (χ0) is 19.1. The number of benzene rings is 1. The predicted molar refractivity (Wildman–Crippen MR) is 109 cm³/mol. The van der Waals surface area contributed by atoms with Crippen molar-refractivity contribution in [3.05, 3.63) is 65.5 Å². The van der Waals surface area contributed by atoms with Crippen LogP contribution in [0.25, 0.3) is 0 Å². The molecule has 1 fully saturated rings. The standard InChI is InChI=1S/C23H31N3O/c1-19-8-7-9-20(14-19)16-26(17-21-10-3-6-13-25-21)22(27)15-23(18-24)11-4-2-5-12-23/h3,6-10,13-14H,2,4-5,11-12,15-18,24H2,1H3. The van der Waals surface area contributed by atoms with Gasteiger partial charge < -0.3 is 10.6 Å². The number of pyridine rings is 1. The summed E-state index contributed by atoms with van der Waals surface area (Å²) >= 11 is 0. The van der Waals surface area contributed by atoms with E-state index in [9.17, 15) is 4.79 Å². The van der Waals surface area contributed by atoms with Crippen molar-refractivity contribution in [2.75, 3.05) is 6.54 Å². The van der Waals surface area contributed by atoms with Crippen molar-refractivity contribution in [2.45, 2.75) is 58.5 Å². The van der Waals surface area contributed by atoms with Crippen molar-refractivity contribution < 1.29 is 4.79 Å². The highest BCUT2D eigenvalue weighted by molar-refractivity contribution is 5.77. The van der Waals surface area contributed by atoms with Gasteiger partial charge in [-0.2, -0.15) is 0 Å². The van der Waals surface area contributed by atoms with Crippen molar-refractivity contribution in [2.24, 2.45) is 11.1 Å². The second-order valence-electron chi connectivity index (χ2n) is 8.00. The monoisotopic (exact) mass is 365 g/mol. The minimum Gasteiger partial charge on any atom is -0.332 e. The van der Waals surface area contributed by atoms with Crippen LogP contribution in [-0.4, -0.2) is 22.3 Å². The Bertz CT molecular complexity index is 738. The van der Waals surface area contributed by atoms with E-state index in [-0.39, 0.29) is 11.3 Å². The van der Waals surface area contributed by atoms with Gasteiger partial charge in [-0.1, -0.05) is 55.2 Å². The molecule has 0 atom stereocenters. The van der Waals surface area contributed by atoms with Crippen molar-refractivity contribution in [1.82, 2.24) is 9.88 Å². The van der Waals surface area contributed by atoms with E-state index in [0.29, 0.717) is 26.1 Å². The highest BCUT2D eigenvalue weighted by Gasteiger charge is 2.34. The molecule has 4 nitrogen and oxygen atoms in total. The van der Waals surface area contributed by atoms with Gasteiger partial charge in [-0.3, -0.25) is 9.78 Å². The first-order chi connectivity index (χ1) is 13.1. The molecule has 0 aliphatic heterocycles. The minimum absolute atomic E-state index is 0.0235. The number of hydrogen-bond donors (Lipinski definition) is 1. The minimum atomic E-state index is -0.0235. The Morgan fingerprint density at radius 1 is 1.11 bits per heavy atom. The fourth-order valence-electron chi connectivity index (χ4n) is 4.14. The lowest BCUT2D eigenvalue weighted by molar-refractivity contribution is -0.135. The molecule has 1 aromatic carbocycles. The average molecular weight is 366 g/mol. The van der Waals surface area contributed by atoms with Crippen LogP contribution < -0.4 is 5.73 Å². The lowest BCUT2D eigenvalue weighted by atomic mass is 9.71. The number of aryl methyl sites for hydroxylation is 1. The van der Waals surface area contributed by atoms with Gasteiger partial charge in [0.25, 0.3) is 0 Å². The summed E-state index contributed by atoms with van der Waals surface area (Å²) < 4.78 is 0. The maximum atomic E-state index is 13.3. The topological polar surface area (TPSA) is 59.2 Å². The Hall–Kier alpha value is -2.20. The molecule has 0 unspecified atom stereocenters. The van der Waals surface area contributed by atoms with Crippen LogP contribution in [0.2, 0.25) is 0 Å². The number of hydrogen-bond acceptors (Lipinski definition) is 3. The molecule has 0 bridgehead atoms. The normalized spacial score (nSPS) is 16.1. The average Bonchev–Trinajstić information content (AvgIpc) is 2.69. The van der Waals surface area contributed by atoms with Crippen molar-refractivity contribution >= 4 is 5.91 Å². The summed E-state index contributed by atoms with van der Waals surface area (Å²) in [6, 6.07) is 14.2. The molecular weight excluding hydrogens is 334 g/mol. The van der Waals surface area contributed by atoms with E-state index < -0.39 is 0 Å². The Balaban J connectivity index is 1.78. The van der Waals surface area contributed by atoms with E-state index in [1.807, 2.05) is 23.1 Å². The maximum Gasteiger partial charge on any atom is 0.223 e. The van der Waals surface area contributed by atoms with Crippen LogP contribution in [0, 0.1) is 12.3 Å². The van der Waals surface area contributed by atoms with E-state index in [4.69, 9.17) is 5.73 Å². The molecule has 1 amide bonds. The number of aromatic nitrogens is 1. The number of rotatable bonds is 7. The molecule has 2 N–H and O–H groups in total. The molecule has 1 aliphatic rings. The van der Waals surface area contributed by atoms with E-state index in [0.717, 1.165) is 24.1 Å². The SMILES string of the molecule is Cc1cccc(CN(Cc2ccccn2)C(=O)CC2(CN)CCCCC2)c1. The third-order valence-corrected chi connectivity index (χ3v) is 5.76. The molecule has 27 heavy (non-hydrogen) atoms. The molecule has 2 aromatic rings. The lowest BCUT2D eigenvalue weighted by Crippen LogP contribution is -2.40. The summed E-state index contributed by atoms with van der Waals surface area (Å²) in [4.78, 5) is 19.7. The first kappa shape index (κ1) is 19.6. The van der Waals surface area contributed by atoms with Gasteiger partial charge in [0.1, 0.15) is 0 Å². The quantitative estimate of drug-likeness (QED) is 0.799. The van der Waals surface area contributed by atoms with Crippen LogP contribution in [0.4, 0.5) is 0 Å². The van der Waals surface area contributed by atoms with E-state index in [1.165, 1.54) is 24.8 Å². The third kappa shape index (κ3) is 5.39. The molecule has 1 saturated carbocycles. The van der Waals surface area contributed by atoms with Gasteiger partial charge in [0, 0.05) is 19.2 Å². The lowest BCUT2D eigenvalue weighted by Gasteiger charge is -2.37. The molecule has 1 aromatic heterocycles. The molecule has 4 heteroatoms. The second kappa shape index (κ2) is 9.14. The van der Waals surface area contributed by atoms with Crippen LogP contribution in [0.3, 0.4) is 0 Å². The molecular formula is C23H31N3O. The van der Waals surface area contributed by atoms with E-state index in [2.05, 4.69) is 36.2 Å². The first-order valence-electron chi connectivity index (χ1n) is 10.0. The maximum absolute atomic E-state index is 13.3. The largest absolute Gasteiger partial charge is 0.332 e. The smallest absolute Gasteiger partial charge is 0.223 e. The Morgan fingerprint density at radius 2 is 1.93 bits per heavy atom. The fraction of sp³-hybridized carbons (Fsp3) is 0.478. The zero-order valence-corrected chi connectivity index (χ0v) is 16.4. The second-order valence-corrected chi connectivity index (χ2v) is 8.00. The Labute approximate surface area is 162 Å². The summed E-state index contributed by atoms with van der Waals surface area (Å²) in [7, 11) is 0. The van der Waals surface area contributed by atoms with Gasteiger partial charge in [-0.05, 0) is 49.4 Å². The molecule has 144 valence electrons. The number of nitrogens with two attached hydrogens (primary N) is 1.